The summed E-state index contributed by atoms with van der Waals surface area (Å²) in [7, 11) is 1.54. The summed E-state index contributed by atoms with van der Waals surface area (Å²) < 4.78 is 5.08. The van der Waals surface area contributed by atoms with Crippen LogP contribution in [0, 0.1) is 5.92 Å². The molecule has 3 atom stereocenters. The van der Waals surface area contributed by atoms with Crippen molar-refractivity contribution in [3.8, 4) is 5.75 Å². The van der Waals surface area contributed by atoms with Crippen LogP contribution in [0.15, 0.2) is 24.3 Å². The molecule has 1 aromatic rings. The third kappa shape index (κ3) is 4.96. The molecule has 9 nitrogen and oxygen atoms in total. The summed E-state index contributed by atoms with van der Waals surface area (Å²) >= 11 is 0. The maximum Gasteiger partial charge on any atom is 0.242 e. The molecule has 27 heavy (non-hydrogen) atoms. The fourth-order valence-electron chi connectivity index (χ4n) is 2.69. The first-order valence-electron chi connectivity index (χ1n) is 8.49. The van der Waals surface area contributed by atoms with Gasteiger partial charge in [-0.2, -0.15) is 0 Å². The second kappa shape index (κ2) is 8.52. The van der Waals surface area contributed by atoms with Gasteiger partial charge in [-0.3, -0.25) is 14.4 Å². The minimum atomic E-state index is -1.42. The molecular weight excluding hydrogens is 354 g/mol. The van der Waals surface area contributed by atoms with E-state index >= 15 is 0 Å². The zero-order valence-electron chi connectivity index (χ0n) is 15.4. The lowest BCUT2D eigenvalue weighted by molar-refractivity contribution is -0.307. The highest BCUT2D eigenvalue weighted by atomic mass is 16.5. The van der Waals surface area contributed by atoms with Crippen molar-refractivity contribution >= 4 is 29.4 Å². The number of carbonyl (C=O) groups excluding carboxylic acids is 4. The van der Waals surface area contributed by atoms with Crippen LogP contribution in [-0.2, 0) is 19.2 Å². The number of carbonyl (C=O) groups is 4. The van der Waals surface area contributed by atoms with Gasteiger partial charge in [0, 0.05) is 18.7 Å². The van der Waals surface area contributed by atoms with Crippen LogP contribution in [0.1, 0.15) is 20.3 Å². The smallest absolute Gasteiger partial charge is 0.242 e. The number of methoxy groups -OCH3 is 1. The number of hydrogen-bond acceptors (Lipinski definition) is 6. The van der Waals surface area contributed by atoms with Crippen molar-refractivity contribution in [3.63, 3.8) is 0 Å². The van der Waals surface area contributed by atoms with Crippen LogP contribution in [0.25, 0.3) is 0 Å². The summed E-state index contributed by atoms with van der Waals surface area (Å²) in [6.45, 7) is 2.90. The van der Waals surface area contributed by atoms with Gasteiger partial charge in [0.25, 0.3) is 0 Å². The number of nitrogens with zero attached hydrogens (tertiary/aromatic N) is 1. The molecule has 0 aromatic heterocycles. The van der Waals surface area contributed by atoms with E-state index in [4.69, 9.17) is 4.74 Å². The Morgan fingerprint density at radius 3 is 2.33 bits per heavy atom. The Bertz CT molecular complexity index is 733. The minimum Gasteiger partial charge on any atom is -0.548 e. The molecule has 2 N–H and O–H groups in total. The quantitative estimate of drug-likeness (QED) is 0.616. The van der Waals surface area contributed by atoms with Gasteiger partial charge in [-0.05, 0) is 38.1 Å². The van der Waals surface area contributed by atoms with E-state index in [1.54, 1.807) is 31.4 Å². The van der Waals surface area contributed by atoms with Crippen molar-refractivity contribution in [1.29, 1.82) is 0 Å². The first-order valence-corrected chi connectivity index (χ1v) is 8.49. The standard InChI is InChI=1S/C18H23N3O6/c1-10(16(23)20-11(2)18(25)26)19-17(24)12-8-15(22)21(9-12)13-4-6-14(27-3)7-5-13/h4-7,10-12H,8-9H2,1-3H3,(H,19,24)(H,20,23)(H,25,26)/p-1/t10-,11-,12+/m0/s1. The Hall–Kier alpha value is -3.10. The molecule has 1 heterocycles. The summed E-state index contributed by atoms with van der Waals surface area (Å²) in [4.78, 5) is 48.7. The average Bonchev–Trinajstić information content (AvgIpc) is 3.03. The number of benzene rings is 1. The molecule has 1 aliphatic rings. The lowest BCUT2D eigenvalue weighted by Gasteiger charge is -2.20. The van der Waals surface area contributed by atoms with Crippen LogP contribution in [0.5, 0.6) is 5.75 Å². The van der Waals surface area contributed by atoms with E-state index in [0.29, 0.717) is 11.4 Å². The summed E-state index contributed by atoms with van der Waals surface area (Å²) in [5.41, 5.74) is 0.657. The predicted octanol–water partition coefficient (Wildman–Crippen LogP) is -1.19. The largest absolute Gasteiger partial charge is 0.548 e. The zero-order valence-corrected chi connectivity index (χ0v) is 15.4. The molecule has 2 rings (SSSR count). The second-order valence-corrected chi connectivity index (χ2v) is 6.38. The summed E-state index contributed by atoms with van der Waals surface area (Å²) in [5, 5.41) is 15.4. The van der Waals surface area contributed by atoms with Crippen molar-refractivity contribution in [2.45, 2.75) is 32.4 Å². The van der Waals surface area contributed by atoms with Crippen LogP contribution in [0.3, 0.4) is 0 Å². The highest BCUT2D eigenvalue weighted by Gasteiger charge is 2.36. The number of rotatable bonds is 7. The molecule has 9 heteroatoms. The van der Waals surface area contributed by atoms with Gasteiger partial charge in [0.15, 0.2) is 0 Å². The summed E-state index contributed by atoms with van der Waals surface area (Å²) in [6.07, 6.45) is 0.0294. The lowest BCUT2D eigenvalue weighted by Crippen LogP contribution is -2.53. The van der Waals surface area contributed by atoms with Crippen molar-refractivity contribution in [3.05, 3.63) is 24.3 Å². The molecule has 0 spiro atoms. The van der Waals surface area contributed by atoms with Crippen LogP contribution >= 0.6 is 0 Å². The zero-order chi connectivity index (χ0) is 20.1. The second-order valence-electron chi connectivity index (χ2n) is 6.38. The lowest BCUT2D eigenvalue weighted by atomic mass is 10.1. The molecule has 0 radical (unpaired) electrons. The molecule has 0 bridgehead atoms. The Labute approximate surface area is 156 Å². The van der Waals surface area contributed by atoms with E-state index in [9.17, 15) is 24.3 Å². The van der Waals surface area contributed by atoms with Crippen LogP contribution in [0.2, 0.25) is 0 Å². The van der Waals surface area contributed by atoms with Gasteiger partial charge in [-0.15, -0.1) is 0 Å². The fraction of sp³-hybridized carbons (Fsp3) is 0.444. The van der Waals surface area contributed by atoms with E-state index in [1.807, 2.05) is 0 Å². The predicted molar refractivity (Wildman–Crippen MR) is 93.7 cm³/mol. The number of nitrogens with one attached hydrogen (secondary N) is 2. The number of carboxylic acid groups (broad SMARTS) is 1. The Morgan fingerprint density at radius 2 is 1.78 bits per heavy atom. The van der Waals surface area contributed by atoms with E-state index < -0.39 is 35.8 Å². The van der Waals surface area contributed by atoms with Crippen molar-refractivity contribution in [2.75, 3.05) is 18.6 Å². The molecule has 0 unspecified atom stereocenters. The maximum absolute atomic E-state index is 12.4. The SMILES string of the molecule is COc1ccc(N2C[C@H](C(=O)N[C@@H](C)C(=O)N[C@@H](C)C(=O)[O-])CC2=O)cc1. The molecular formula is C18H22N3O6-. The van der Waals surface area contributed by atoms with Gasteiger partial charge in [0.05, 0.1) is 25.0 Å². The van der Waals surface area contributed by atoms with Crippen LogP contribution in [0.4, 0.5) is 5.69 Å². The minimum absolute atomic E-state index is 0.0294. The Kier molecular flexibility index (Phi) is 6.38. The van der Waals surface area contributed by atoms with Crippen molar-refractivity contribution in [2.24, 2.45) is 5.92 Å². The van der Waals surface area contributed by atoms with Gasteiger partial charge < -0.3 is 30.2 Å². The first-order chi connectivity index (χ1) is 12.7. The van der Waals surface area contributed by atoms with Crippen molar-refractivity contribution in [1.82, 2.24) is 10.6 Å². The summed E-state index contributed by atoms with van der Waals surface area (Å²) in [5.74, 6) is -2.64. The number of ether oxygens (including phenoxy) is 1. The van der Waals surface area contributed by atoms with Crippen LogP contribution < -0.4 is 25.4 Å². The number of aliphatic carboxylic acids is 1. The van der Waals surface area contributed by atoms with Gasteiger partial charge in [0.1, 0.15) is 11.8 Å². The third-order valence-corrected chi connectivity index (χ3v) is 4.34. The van der Waals surface area contributed by atoms with Gasteiger partial charge in [-0.25, -0.2) is 0 Å². The number of anilines is 1. The van der Waals surface area contributed by atoms with Gasteiger partial charge >= 0.3 is 0 Å². The fourth-order valence-corrected chi connectivity index (χ4v) is 2.69. The molecule has 0 aliphatic carbocycles. The molecule has 0 saturated carbocycles. The monoisotopic (exact) mass is 376 g/mol. The Morgan fingerprint density at radius 1 is 1.15 bits per heavy atom. The van der Waals surface area contributed by atoms with Crippen LogP contribution in [-0.4, -0.2) is 49.4 Å². The molecule has 146 valence electrons. The molecule has 1 aromatic carbocycles. The highest BCUT2D eigenvalue weighted by Crippen LogP contribution is 2.26. The first kappa shape index (κ1) is 20.2. The topological polar surface area (TPSA) is 128 Å². The van der Waals surface area contributed by atoms with Gasteiger partial charge in [-0.1, -0.05) is 0 Å². The molecule has 3 amide bonds. The Balaban J connectivity index is 1.94. The third-order valence-electron chi connectivity index (χ3n) is 4.34. The number of hydrogen-bond donors (Lipinski definition) is 2. The maximum atomic E-state index is 12.4. The van der Waals surface area contributed by atoms with E-state index in [-0.39, 0.29) is 18.9 Å². The normalized spacial score (nSPS) is 18.6. The average molecular weight is 376 g/mol. The molecule has 1 saturated heterocycles. The van der Waals surface area contributed by atoms with Gasteiger partial charge in [0.2, 0.25) is 17.7 Å². The number of amides is 3. The van der Waals surface area contributed by atoms with E-state index in [2.05, 4.69) is 10.6 Å². The number of carboxylic acids is 1. The van der Waals surface area contributed by atoms with E-state index in [0.717, 1.165) is 0 Å². The molecule has 1 fully saturated rings. The highest BCUT2D eigenvalue weighted by molar-refractivity contribution is 6.01. The summed E-state index contributed by atoms with van der Waals surface area (Å²) in [6, 6.07) is 4.80. The molecule has 1 aliphatic heterocycles. The van der Waals surface area contributed by atoms with Crippen molar-refractivity contribution < 1.29 is 29.0 Å². The van der Waals surface area contributed by atoms with E-state index in [1.165, 1.54) is 18.7 Å².